The summed E-state index contributed by atoms with van der Waals surface area (Å²) < 4.78 is 47.0. The highest BCUT2D eigenvalue weighted by Crippen LogP contribution is 2.31. The second kappa shape index (κ2) is 9.70. The van der Waals surface area contributed by atoms with Crippen molar-refractivity contribution < 1.29 is 22.6 Å². The van der Waals surface area contributed by atoms with E-state index in [0.717, 1.165) is 31.5 Å². The first-order valence-electron chi connectivity index (χ1n) is 10.1. The van der Waals surface area contributed by atoms with Gasteiger partial charge in [-0.1, -0.05) is 0 Å². The van der Waals surface area contributed by atoms with Crippen LogP contribution in [0.3, 0.4) is 0 Å². The Hall–Kier alpha value is -3.91. The fourth-order valence-corrected chi connectivity index (χ4v) is 3.32. The van der Waals surface area contributed by atoms with E-state index in [1.54, 1.807) is 12.3 Å². The van der Waals surface area contributed by atoms with Crippen LogP contribution in [0.15, 0.2) is 48.9 Å². The first kappa shape index (κ1) is 22.3. The smallest absolute Gasteiger partial charge is 0.436 e. The fourth-order valence-electron chi connectivity index (χ4n) is 3.32. The molecule has 3 aromatic rings. The molecule has 3 heterocycles. The molecule has 0 bridgehead atoms. The lowest BCUT2D eigenvalue weighted by atomic mass is 10.2. The predicted molar refractivity (Wildman–Crippen MR) is 113 cm³/mol. The number of rotatable bonds is 7. The van der Waals surface area contributed by atoms with Gasteiger partial charge >= 0.3 is 6.36 Å². The normalized spacial score (nSPS) is 15.6. The van der Waals surface area contributed by atoms with Gasteiger partial charge in [-0.15, -0.1) is 13.2 Å². The molecule has 8 nitrogen and oxygen atoms in total. The topological polar surface area (TPSA) is 105 Å². The first-order chi connectivity index (χ1) is 15.9. The van der Waals surface area contributed by atoms with Crippen LogP contribution in [0.25, 0.3) is 11.3 Å². The highest BCUT2D eigenvalue weighted by molar-refractivity contribution is 5.62. The summed E-state index contributed by atoms with van der Waals surface area (Å²) in [5.41, 5.74) is 1.37. The number of benzene rings is 1. The van der Waals surface area contributed by atoms with E-state index in [-0.39, 0.29) is 23.4 Å². The van der Waals surface area contributed by atoms with Crippen molar-refractivity contribution in [2.24, 2.45) is 0 Å². The van der Waals surface area contributed by atoms with E-state index in [1.807, 2.05) is 6.07 Å². The Bertz CT molecular complexity index is 1140. The maximum absolute atomic E-state index is 12.4. The summed E-state index contributed by atoms with van der Waals surface area (Å²) >= 11 is 0. The van der Waals surface area contributed by atoms with Crippen LogP contribution in [0.4, 0.5) is 19.0 Å². The van der Waals surface area contributed by atoms with Gasteiger partial charge in [0.15, 0.2) is 5.82 Å². The molecule has 1 aromatic carbocycles. The van der Waals surface area contributed by atoms with Crippen molar-refractivity contribution in [3.8, 4) is 34.7 Å². The van der Waals surface area contributed by atoms with Crippen LogP contribution in [0.5, 0.6) is 17.4 Å². The minimum atomic E-state index is -4.78. The van der Waals surface area contributed by atoms with E-state index in [9.17, 15) is 13.2 Å². The van der Waals surface area contributed by atoms with Crippen molar-refractivity contribution in [2.75, 3.05) is 18.4 Å². The van der Waals surface area contributed by atoms with E-state index < -0.39 is 6.36 Å². The van der Waals surface area contributed by atoms with E-state index in [2.05, 4.69) is 30.3 Å². The predicted octanol–water partition coefficient (Wildman–Crippen LogP) is 4.27. The lowest BCUT2D eigenvalue weighted by Gasteiger charge is -2.15. The largest absolute Gasteiger partial charge is 0.573 e. The average Bonchev–Trinajstić information content (AvgIpc) is 3.32. The minimum Gasteiger partial charge on any atom is -0.436 e. The van der Waals surface area contributed by atoms with Gasteiger partial charge in [0, 0.05) is 30.5 Å². The van der Waals surface area contributed by atoms with Crippen molar-refractivity contribution in [3.05, 3.63) is 54.5 Å². The molecule has 2 aromatic heterocycles. The molecule has 0 aliphatic carbocycles. The van der Waals surface area contributed by atoms with Crippen LogP contribution < -0.4 is 20.1 Å². The van der Waals surface area contributed by atoms with Gasteiger partial charge in [0.05, 0.1) is 17.5 Å². The van der Waals surface area contributed by atoms with Gasteiger partial charge < -0.3 is 20.1 Å². The van der Waals surface area contributed by atoms with Crippen LogP contribution in [0, 0.1) is 11.3 Å². The molecule has 1 atom stereocenters. The molecule has 11 heteroatoms. The van der Waals surface area contributed by atoms with Crippen LogP contribution in [0.2, 0.25) is 0 Å². The molecule has 0 saturated carbocycles. The molecule has 2 N–H and O–H groups in total. The number of nitrogens with zero attached hydrogens (tertiary/aromatic N) is 4. The molecular weight excluding hydrogens is 437 g/mol. The molecule has 4 rings (SSSR count). The zero-order chi connectivity index (χ0) is 23.3. The number of nitrogens with one attached hydrogen (secondary N) is 2. The minimum absolute atomic E-state index is 0.136. The highest BCUT2D eigenvalue weighted by Gasteiger charge is 2.31. The lowest BCUT2D eigenvalue weighted by Crippen LogP contribution is -2.29. The standard InChI is InChI=1S/C22H19F3N6O2/c23-22(24,25)33-18-5-3-17(4-6-18)32-21-20(29-12-16-2-1-7-28-16)30-13-19(31-21)15-8-14(9-26)10-27-11-15/h3-6,8,10-11,13,16,28H,1-2,7,12H2,(H,29,30)/t16-/m0/s1. The first-order valence-corrected chi connectivity index (χ1v) is 10.1. The monoisotopic (exact) mass is 456 g/mol. The number of ether oxygens (including phenoxy) is 2. The van der Waals surface area contributed by atoms with E-state index in [1.165, 1.54) is 24.5 Å². The van der Waals surface area contributed by atoms with Gasteiger partial charge in [-0.25, -0.2) is 9.97 Å². The maximum Gasteiger partial charge on any atom is 0.573 e. The molecule has 1 aliphatic heterocycles. The number of nitriles is 1. The molecule has 1 aliphatic rings. The fraction of sp³-hybridized carbons (Fsp3) is 0.273. The summed E-state index contributed by atoms with van der Waals surface area (Å²) in [6.45, 7) is 1.56. The molecule has 0 amide bonds. The molecule has 0 radical (unpaired) electrons. The zero-order valence-electron chi connectivity index (χ0n) is 17.3. The molecule has 1 fully saturated rings. The lowest BCUT2D eigenvalue weighted by molar-refractivity contribution is -0.274. The quantitative estimate of drug-likeness (QED) is 0.543. The summed E-state index contributed by atoms with van der Waals surface area (Å²) in [5, 5.41) is 15.7. The maximum atomic E-state index is 12.4. The summed E-state index contributed by atoms with van der Waals surface area (Å²) in [6.07, 6.45) is 1.86. The number of hydrogen-bond acceptors (Lipinski definition) is 8. The third kappa shape index (κ3) is 6.08. The number of pyridine rings is 1. The summed E-state index contributed by atoms with van der Waals surface area (Å²) in [4.78, 5) is 13.0. The summed E-state index contributed by atoms with van der Waals surface area (Å²) in [5.74, 6) is 0.409. The molecule has 0 unspecified atom stereocenters. The average molecular weight is 456 g/mol. The second-order valence-corrected chi connectivity index (χ2v) is 7.28. The van der Waals surface area contributed by atoms with E-state index in [4.69, 9.17) is 10.00 Å². The number of alkyl halides is 3. The van der Waals surface area contributed by atoms with Gasteiger partial charge in [-0.05, 0) is 49.7 Å². The number of halogens is 3. The van der Waals surface area contributed by atoms with Crippen molar-refractivity contribution in [3.63, 3.8) is 0 Å². The third-order valence-corrected chi connectivity index (χ3v) is 4.85. The third-order valence-electron chi connectivity index (χ3n) is 4.85. The Kier molecular flexibility index (Phi) is 6.55. The van der Waals surface area contributed by atoms with Gasteiger partial charge in [0.25, 0.3) is 5.88 Å². The Labute approximate surface area is 187 Å². The molecule has 0 spiro atoms. The van der Waals surface area contributed by atoms with Crippen LogP contribution >= 0.6 is 0 Å². The summed E-state index contributed by atoms with van der Waals surface area (Å²) in [6, 6.07) is 8.92. The Morgan fingerprint density at radius 3 is 2.64 bits per heavy atom. The van der Waals surface area contributed by atoms with Gasteiger partial charge in [0.2, 0.25) is 0 Å². The molecule has 1 saturated heterocycles. The van der Waals surface area contributed by atoms with Crippen LogP contribution in [-0.4, -0.2) is 40.4 Å². The molecule has 33 heavy (non-hydrogen) atoms. The highest BCUT2D eigenvalue weighted by atomic mass is 19.4. The Morgan fingerprint density at radius 2 is 1.94 bits per heavy atom. The molecule has 170 valence electrons. The van der Waals surface area contributed by atoms with Crippen LogP contribution in [-0.2, 0) is 0 Å². The van der Waals surface area contributed by atoms with E-state index >= 15 is 0 Å². The van der Waals surface area contributed by atoms with Crippen molar-refractivity contribution in [1.82, 2.24) is 20.3 Å². The SMILES string of the molecule is N#Cc1cncc(-c2cnc(NC[C@@H]3CCCN3)c(Oc3ccc(OC(F)(F)F)cc3)n2)c1. The van der Waals surface area contributed by atoms with Gasteiger partial charge in [0.1, 0.15) is 17.6 Å². The van der Waals surface area contributed by atoms with Crippen LogP contribution in [0.1, 0.15) is 18.4 Å². The van der Waals surface area contributed by atoms with Gasteiger partial charge in [-0.2, -0.15) is 5.26 Å². The van der Waals surface area contributed by atoms with E-state index in [0.29, 0.717) is 29.2 Å². The molecular formula is C22H19F3N6O2. The zero-order valence-corrected chi connectivity index (χ0v) is 17.3. The number of hydrogen-bond donors (Lipinski definition) is 2. The number of anilines is 1. The number of aromatic nitrogens is 3. The Balaban J connectivity index is 1.59. The second-order valence-electron chi connectivity index (χ2n) is 7.28. The Morgan fingerprint density at radius 1 is 1.15 bits per heavy atom. The summed E-state index contributed by atoms with van der Waals surface area (Å²) in [7, 11) is 0. The van der Waals surface area contributed by atoms with Crippen molar-refractivity contribution in [2.45, 2.75) is 25.2 Å². The van der Waals surface area contributed by atoms with Crippen molar-refractivity contribution in [1.29, 1.82) is 5.26 Å². The van der Waals surface area contributed by atoms with Crippen molar-refractivity contribution >= 4 is 5.82 Å². The van der Waals surface area contributed by atoms with Gasteiger partial charge in [-0.3, -0.25) is 4.98 Å².